The second kappa shape index (κ2) is 13.9. The molecule has 0 fully saturated rings. The Morgan fingerprint density at radius 1 is 0.475 bits per heavy atom. The Bertz CT molecular complexity index is 2850. The first kappa shape index (κ1) is 37.5. The number of benzene rings is 6. The number of carbonyl (C=O) groups is 1. The lowest BCUT2D eigenvalue weighted by Crippen LogP contribution is -2.31. The normalized spacial score (nSPS) is 22.4. The summed E-state index contributed by atoms with van der Waals surface area (Å²) < 4.78 is 6.73. The smallest absolute Gasteiger partial charge is 0.204 e. The van der Waals surface area contributed by atoms with Gasteiger partial charge in [-0.15, -0.1) is 0 Å². The lowest BCUT2D eigenvalue weighted by Gasteiger charge is -2.28. The van der Waals surface area contributed by atoms with Gasteiger partial charge >= 0.3 is 0 Å². The second-order valence-electron chi connectivity index (χ2n) is 16.2. The van der Waals surface area contributed by atoms with Crippen molar-refractivity contribution >= 4 is 11.9 Å². The fourth-order valence-corrected chi connectivity index (χ4v) is 10.3. The van der Waals surface area contributed by atoms with Gasteiger partial charge in [-0.2, -0.15) is 0 Å². The zero-order valence-corrected chi connectivity index (χ0v) is 32.1. The number of rotatable bonds is 6. The standard InChI is InChI=1S/C50H38O11/c51-28-7-1-23(2-8-28)13-36-42(24-3-9-29(52)10-4-24)44(26-14-31(54)18-32(55)15-26)48-39(59)22-41-35(46(36)48)20-37-43(25-5-11-30(53)12-6-25)45(27-16-33(56)19-34(57)17-27)49-38(58)21-40(60)50(61-41)47(37)49/h1-12,14-22,36,42-45,50-59H,13H2/t36-,42+,43+,44-,45-,50+/m0/s1. The van der Waals surface area contributed by atoms with Crippen LogP contribution in [0.15, 0.2) is 144 Å². The molecular formula is C50H38O11. The minimum atomic E-state index is -1.28. The Hall–Kier alpha value is -7.79. The third-order valence-electron chi connectivity index (χ3n) is 12.6. The van der Waals surface area contributed by atoms with E-state index < -0.39 is 41.5 Å². The molecule has 0 radical (unpaired) electrons. The molecule has 0 spiro atoms. The molecule has 0 unspecified atom stereocenters. The van der Waals surface area contributed by atoms with E-state index in [0.717, 1.165) is 17.2 Å². The molecule has 6 aromatic carbocycles. The maximum absolute atomic E-state index is 14.1. The van der Waals surface area contributed by atoms with E-state index in [1.807, 2.05) is 6.08 Å². The van der Waals surface area contributed by atoms with E-state index in [-0.39, 0.29) is 57.5 Å². The van der Waals surface area contributed by atoms with Crippen LogP contribution in [-0.4, -0.2) is 57.8 Å². The van der Waals surface area contributed by atoms with Crippen molar-refractivity contribution in [3.8, 4) is 51.7 Å². The zero-order chi connectivity index (χ0) is 42.4. The van der Waals surface area contributed by atoms with Crippen molar-refractivity contribution in [1.82, 2.24) is 0 Å². The number of phenolic OH excluding ortho intramolecular Hbond substituents is 8. The summed E-state index contributed by atoms with van der Waals surface area (Å²) in [7, 11) is 0. The Labute approximate surface area is 348 Å². The van der Waals surface area contributed by atoms with Crippen molar-refractivity contribution in [2.24, 2.45) is 0 Å². The molecule has 6 aromatic rings. The highest BCUT2D eigenvalue weighted by molar-refractivity contribution is 6.02. The van der Waals surface area contributed by atoms with Gasteiger partial charge in [-0.25, -0.2) is 0 Å². The highest BCUT2D eigenvalue weighted by Gasteiger charge is 2.52. The molecule has 3 aliphatic carbocycles. The largest absolute Gasteiger partial charge is 0.508 e. The summed E-state index contributed by atoms with van der Waals surface area (Å²) in [5.41, 5.74) is 6.21. The average molecular weight is 815 g/mol. The molecular weight excluding hydrogens is 777 g/mol. The number of hydrogen-bond acceptors (Lipinski definition) is 11. The van der Waals surface area contributed by atoms with Gasteiger partial charge in [0.1, 0.15) is 57.5 Å². The van der Waals surface area contributed by atoms with Gasteiger partial charge in [0.15, 0.2) is 6.10 Å². The first-order valence-corrected chi connectivity index (χ1v) is 19.7. The van der Waals surface area contributed by atoms with Crippen LogP contribution in [0.1, 0.15) is 74.1 Å². The summed E-state index contributed by atoms with van der Waals surface area (Å²) in [6.07, 6.45) is 2.09. The first-order valence-electron chi connectivity index (χ1n) is 19.7. The number of allylic oxidation sites excluding steroid dienone is 1. The molecule has 304 valence electrons. The lowest BCUT2D eigenvalue weighted by atomic mass is 9.75. The molecule has 0 saturated carbocycles. The van der Waals surface area contributed by atoms with Crippen LogP contribution < -0.4 is 4.74 Å². The second-order valence-corrected chi connectivity index (χ2v) is 16.2. The Morgan fingerprint density at radius 3 is 1.57 bits per heavy atom. The van der Waals surface area contributed by atoms with Crippen LogP contribution >= 0.6 is 0 Å². The fraction of sp³-hybridized carbons (Fsp3) is 0.140. The number of ether oxygens (including phenoxy) is 1. The van der Waals surface area contributed by atoms with Crippen molar-refractivity contribution in [3.05, 3.63) is 188 Å². The van der Waals surface area contributed by atoms with Crippen LogP contribution in [0.25, 0.3) is 6.08 Å². The van der Waals surface area contributed by atoms with Gasteiger partial charge in [0, 0.05) is 70.2 Å². The minimum Gasteiger partial charge on any atom is -0.508 e. The Balaban J connectivity index is 1.30. The molecule has 61 heavy (non-hydrogen) atoms. The van der Waals surface area contributed by atoms with E-state index in [1.165, 1.54) is 54.6 Å². The van der Waals surface area contributed by atoms with Gasteiger partial charge in [-0.1, -0.05) is 36.4 Å². The molecule has 0 aromatic heterocycles. The van der Waals surface area contributed by atoms with Gasteiger partial charge in [-0.05, 0) is 118 Å². The number of aliphatic hydroxyl groups excluding tert-OH is 1. The molecule has 6 atom stereocenters. The lowest BCUT2D eigenvalue weighted by molar-refractivity contribution is -0.119. The van der Waals surface area contributed by atoms with E-state index in [2.05, 4.69) is 0 Å². The maximum atomic E-state index is 14.1. The molecule has 1 heterocycles. The molecule has 4 aliphatic rings. The summed E-state index contributed by atoms with van der Waals surface area (Å²) in [6, 6.07) is 30.0. The molecule has 0 bridgehead atoms. The Kier molecular flexibility index (Phi) is 8.55. The predicted octanol–water partition coefficient (Wildman–Crippen LogP) is 8.63. The zero-order valence-electron chi connectivity index (χ0n) is 32.1. The number of aromatic hydroxyl groups is 8. The molecule has 1 aliphatic heterocycles. The van der Waals surface area contributed by atoms with E-state index in [0.29, 0.717) is 56.5 Å². The summed E-state index contributed by atoms with van der Waals surface area (Å²) in [6.45, 7) is 0. The first-order chi connectivity index (χ1) is 29.3. The predicted molar refractivity (Wildman–Crippen MR) is 224 cm³/mol. The summed E-state index contributed by atoms with van der Waals surface area (Å²) in [4.78, 5) is 14.1. The quantitative estimate of drug-likeness (QED) is 0.0777. The number of carbonyl (C=O) groups excluding carboxylic acids is 1. The molecule has 0 saturated heterocycles. The van der Waals surface area contributed by atoms with E-state index in [9.17, 15) is 50.8 Å². The number of hydrogen-bond donors (Lipinski definition) is 9. The number of fused-ring (bicyclic) bond motifs is 3. The van der Waals surface area contributed by atoms with Crippen molar-refractivity contribution < 1.29 is 55.5 Å². The van der Waals surface area contributed by atoms with Crippen LogP contribution in [0.3, 0.4) is 0 Å². The van der Waals surface area contributed by atoms with Crippen molar-refractivity contribution in [3.63, 3.8) is 0 Å². The van der Waals surface area contributed by atoms with Crippen LogP contribution in [0.2, 0.25) is 0 Å². The van der Waals surface area contributed by atoms with E-state index >= 15 is 0 Å². The highest BCUT2D eigenvalue weighted by Crippen LogP contribution is 2.64. The van der Waals surface area contributed by atoms with Crippen molar-refractivity contribution in [1.29, 1.82) is 0 Å². The summed E-state index contributed by atoms with van der Waals surface area (Å²) >= 11 is 0. The highest BCUT2D eigenvalue weighted by atomic mass is 16.5. The molecule has 9 N–H and O–H groups in total. The van der Waals surface area contributed by atoms with E-state index in [4.69, 9.17) is 4.74 Å². The van der Waals surface area contributed by atoms with Gasteiger partial charge in [-0.3, -0.25) is 4.79 Å². The van der Waals surface area contributed by atoms with Crippen molar-refractivity contribution in [2.75, 3.05) is 0 Å². The van der Waals surface area contributed by atoms with Crippen LogP contribution in [0.4, 0.5) is 0 Å². The van der Waals surface area contributed by atoms with Gasteiger partial charge in [0.25, 0.3) is 0 Å². The van der Waals surface area contributed by atoms with Crippen molar-refractivity contribution in [2.45, 2.75) is 42.1 Å². The van der Waals surface area contributed by atoms with Gasteiger partial charge < -0.3 is 50.7 Å². The third-order valence-corrected chi connectivity index (χ3v) is 12.6. The molecule has 10 rings (SSSR count). The number of aliphatic hydroxyl groups is 1. The molecule has 11 nitrogen and oxygen atoms in total. The SMILES string of the molecule is O=C1C=C(O)C2=C3C(=Cc4c(cc(O)c5c4[C@@H](Cc4ccc(O)cc4)[C@@H](c4ccc(O)cc4)[C@@H]5c4cc(O)cc(O)c4)O[C@H]13)[C@@H](c1ccc(O)cc1)[C@@H]2c1cc(O)cc(O)c1. The van der Waals surface area contributed by atoms with Gasteiger partial charge in [0.05, 0.1) is 0 Å². The third kappa shape index (κ3) is 6.16. The number of ketones is 1. The maximum Gasteiger partial charge on any atom is 0.204 e. The molecule has 0 amide bonds. The fourth-order valence-electron chi connectivity index (χ4n) is 10.3. The van der Waals surface area contributed by atoms with Crippen LogP contribution in [-0.2, 0) is 11.2 Å². The Morgan fingerprint density at radius 2 is 1.00 bits per heavy atom. The average Bonchev–Trinajstić information content (AvgIpc) is 3.67. The van der Waals surface area contributed by atoms with Crippen LogP contribution in [0.5, 0.6) is 51.7 Å². The minimum absolute atomic E-state index is 0.0139. The van der Waals surface area contributed by atoms with Crippen LogP contribution in [0, 0.1) is 0 Å². The summed E-state index contributed by atoms with van der Waals surface area (Å²) in [5.74, 6) is -4.66. The molecule has 11 heteroatoms. The number of phenols is 8. The topological polar surface area (TPSA) is 208 Å². The van der Waals surface area contributed by atoms with Gasteiger partial charge in [0.2, 0.25) is 5.78 Å². The van der Waals surface area contributed by atoms with E-state index in [1.54, 1.807) is 60.7 Å². The monoisotopic (exact) mass is 814 g/mol. The summed E-state index contributed by atoms with van der Waals surface area (Å²) in [5, 5.41) is 98.2.